The van der Waals surface area contributed by atoms with Gasteiger partial charge in [0.2, 0.25) is 0 Å². The van der Waals surface area contributed by atoms with E-state index < -0.39 is 119 Å². The molecule has 0 amide bonds. The van der Waals surface area contributed by atoms with Gasteiger partial charge in [0.05, 0.1) is 19.8 Å². The van der Waals surface area contributed by atoms with Gasteiger partial charge < -0.3 is 89.9 Å². The van der Waals surface area contributed by atoms with Gasteiger partial charge in [-0.2, -0.15) is 0 Å². The molecule has 0 radical (unpaired) electrons. The van der Waals surface area contributed by atoms with Crippen molar-refractivity contribution in [1.82, 2.24) is 10.6 Å². The first-order valence-corrected chi connectivity index (χ1v) is 12.1. The summed E-state index contributed by atoms with van der Waals surface area (Å²) in [5.41, 5.74) is 2.22. The molecule has 11 N–H and O–H groups in total. The first kappa shape index (κ1) is 32.8. The molecule has 0 bridgehead atoms. The quantitative estimate of drug-likeness (QED) is 0.0802. The van der Waals surface area contributed by atoms with Crippen molar-refractivity contribution in [3.05, 3.63) is 5.21 Å². The molecule has 0 spiro atoms. The maximum atomic E-state index is 10.9. The van der Waals surface area contributed by atoms with Gasteiger partial charge in [-0.25, -0.2) is 5.43 Å². The Kier molecular flexibility index (Phi) is 12.1. The van der Waals surface area contributed by atoms with Crippen molar-refractivity contribution in [3.8, 4) is 0 Å². The second-order valence-electron chi connectivity index (χ2n) is 9.32. The molecule has 19 nitrogen and oxygen atoms in total. The van der Waals surface area contributed by atoms with Gasteiger partial charge in [0.1, 0.15) is 80.0 Å². The molecule has 3 rings (SSSR count). The molecule has 0 aromatic heterocycles. The molecule has 3 aliphatic heterocycles. The fourth-order valence-corrected chi connectivity index (χ4v) is 4.28. The van der Waals surface area contributed by atoms with Crippen molar-refractivity contribution in [1.29, 1.82) is 0 Å². The molecule has 3 heterocycles. The molecule has 230 valence electrons. The van der Waals surface area contributed by atoms with Crippen molar-refractivity contribution >= 4 is 0 Å². The van der Waals surface area contributed by atoms with E-state index in [1.165, 1.54) is 0 Å². The lowest BCUT2D eigenvalue weighted by molar-refractivity contribution is -0.365. The Morgan fingerprint density at radius 2 is 1.13 bits per heavy atom. The van der Waals surface area contributed by atoms with Crippen LogP contribution in [0.3, 0.4) is 0 Å². The zero-order valence-corrected chi connectivity index (χ0v) is 20.8. The maximum absolute atomic E-state index is 10.9. The largest absolute Gasteiger partial charge is 0.772 e. The number of nitrogens with zero attached hydrogens (tertiary/aromatic N) is 1. The fourth-order valence-electron chi connectivity index (χ4n) is 4.28. The minimum atomic E-state index is -1.86. The number of hydrogen-bond donors (Lipinski definition) is 11. The summed E-state index contributed by atoms with van der Waals surface area (Å²) in [4.78, 5) is 0. The number of aliphatic hydroxyl groups is 10. The van der Waals surface area contributed by atoms with Crippen LogP contribution in [0, 0.1) is 5.21 Å². The highest BCUT2D eigenvalue weighted by Gasteiger charge is 2.51. The van der Waals surface area contributed by atoms with E-state index >= 15 is 0 Å². The van der Waals surface area contributed by atoms with Crippen LogP contribution in [0.5, 0.6) is 0 Å². The average Bonchev–Trinajstić information content (AvgIpc) is 2.90. The summed E-state index contributed by atoms with van der Waals surface area (Å²) >= 11 is 0. The van der Waals surface area contributed by atoms with Gasteiger partial charge in [0.15, 0.2) is 18.9 Å². The highest BCUT2D eigenvalue weighted by atomic mass is 16.7. The molecule has 15 unspecified atom stereocenters. The van der Waals surface area contributed by atoms with Crippen LogP contribution in [-0.4, -0.2) is 182 Å². The molecular formula is C20H37N2O17-. The highest BCUT2D eigenvalue weighted by molar-refractivity contribution is 4.95. The van der Waals surface area contributed by atoms with Gasteiger partial charge >= 0.3 is 0 Å². The van der Waals surface area contributed by atoms with Crippen molar-refractivity contribution < 1.29 is 79.5 Å². The van der Waals surface area contributed by atoms with Crippen LogP contribution in [0.4, 0.5) is 0 Å². The molecule has 0 saturated carbocycles. The van der Waals surface area contributed by atoms with E-state index in [-0.39, 0.29) is 0 Å². The second kappa shape index (κ2) is 14.4. The molecule has 0 aromatic carbocycles. The van der Waals surface area contributed by atoms with Crippen LogP contribution in [0.25, 0.3) is 0 Å². The smallest absolute Gasteiger partial charge is 0.188 e. The van der Waals surface area contributed by atoms with Gasteiger partial charge in [-0.15, -0.1) is 0 Å². The number of hydrazine groups is 1. The SMILES string of the molecule is CN([O-])NCOC1OC(COC2OC(CO)C(O)C(OC3OC(CO)C(O)C(O)C3O)C2O)C(O)C(O)C1O. The highest BCUT2D eigenvalue weighted by Crippen LogP contribution is 2.30. The molecule has 0 aliphatic carbocycles. The standard InChI is InChI=1S/C20H37N2O17/c1-22(33)21-5-35-18-14(30)13(29)10(26)8(38-18)4-34-19-16(32)17(11(27)7(3-24)36-19)39-20-15(31)12(28)9(25)6(2-23)37-20/h6-21,23-32H,2-5H2,1H3/q-1. The summed E-state index contributed by atoms with van der Waals surface area (Å²) in [5, 5.41) is 112. The summed E-state index contributed by atoms with van der Waals surface area (Å²) in [6.45, 7) is -2.56. The summed E-state index contributed by atoms with van der Waals surface area (Å²) in [6.07, 6.45) is -24.7. The molecule has 3 aliphatic rings. The lowest BCUT2D eigenvalue weighted by Crippen LogP contribution is -2.65. The molecule has 3 saturated heterocycles. The van der Waals surface area contributed by atoms with Crippen LogP contribution in [-0.2, 0) is 28.4 Å². The Morgan fingerprint density at radius 3 is 1.72 bits per heavy atom. The predicted octanol–water partition coefficient (Wildman–Crippen LogP) is -7.66. The first-order chi connectivity index (χ1) is 18.4. The van der Waals surface area contributed by atoms with Gasteiger partial charge in [-0.05, 0) is 7.05 Å². The van der Waals surface area contributed by atoms with E-state index in [2.05, 4.69) is 5.43 Å². The third-order valence-corrected chi connectivity index (χ3v) is 6.59. The average molecular weight is 578 g/mol. The van der Waals surface area contributed by atoms with Crippen molar-refractivity contribution in [3.63, 3.8) is 0 Å². The summed E-state index contributed by atoms with van der Waals surface area (Å²) in [6, 6.07) is 0. The Morgan fingerprint density at radius 1 is 0.641 bits per heavy atom. The van der Waals surface area contributed by atoms with E-state index in [0.29, 0.717) is 5.17 Å². The number of aliphatic hydroxyl groups excluding tert-OH is 10. The molecule has 39 heavy (non-hydrogen) atoms. The van der Waals surface area contributed by atoms with Gasteiger partial charge in [0, 0.05) is 0 Å². The van der Waals surface area contributed by atoms with Crippen LogP contribution >= 0.6 is 0 Å². The fraction of sp³-hybridized carbons (Fsp3) is 1.00. The Hall–Kier alpha value is -0.760. The summed E-state index contributed by atoms with van der Waals surface area (Å²) < 4.78 is 32.1. The van der Waals surface area contributed by atoms with Crippen molar-refractivity contribution in [2.24, 2.45) is 0 Å². The van der Waals surface area contributed by atoms with Crippen molar-refractivity contribution in [2.75, 3.05) is 33.6 Å². The van der Waals surface area contributed by atoms with Crippen LogP contribution < -0.4 is 5.43 Å². The van der Waals surface area contributed by atoms with Gasteiger partial charge in [0.25, 0.3) is 0 Å². The first-order valence-electron chi connectivity index (χ1n) is 12.1. The Labute approximate surface area is 221 Å². The van der Waals surface area contributed by atoms with Gasteiger partial charge in [-0.1, -0.05) is 0 Å². The zero-order valence-electron chi connectivity index (χ0n) is 20.8. The van der Waals surface area contributed by atoms with Crippen LogP contribution in [0.1, 0.15) is 0 Å². The number of rotatable bonds is 11. The molecular weight excluding hydrogens is 540 g/mol. The molecule has 0 aromatic rings. The summed E-state index contributed by atoms with van der Waals surface area (Å²) in [5.74, 6) is 0. The normalized spacial score (nSPS) is 47.5. The molecule has 15 atom stereocenters. The second-order valence-corrected chi connectivity index (χ2v) is 9.32. The summed E-state index contributed by atoms with van der Waals surface area (Å²) in [7, 11) is 1.14. The van der Waals surface area contributed by atoms with Crippen LogP contribution in [0.2, 0.25) is 0 Å². The molecule has 19 heteroatoms. The monoisotopic (exact) mass is 577 g/mol. The van der Waals surface area contributed by atoms with Gasteiger partial charge in [-0.3, -0.25) is 0 Å². The Balaban J connectivity index is 1.66. The Bertz CT molecular complexity index is 738. The third kappa shape index (κ3) is 7.55. The predicted molar refractivity (Wildman–Crippen MR) is 119 cm³/mol. The molecule has 3 fully saturated rings. The minimum Gasteiger partial charge on any atom is -0.772 e. The number of ether oxygens (including phenoxy) is 6. The van der Waals surface area contributed by atoms with E-state index in [1.54, 1.807) is 0 Å². The lowest BCUT2D eigenvalue weighted by Gasteiger charge is -2.46. The van der Waals surface area contributed by atoms with E-state index in [4.69, 9.17) is 28.4 Å². The third-order valence-electron chi connectivity index (χ3n) is 6.59. The zero-order chi connectivity index (χ0) is 29.0. The maximum Gasteiger partial charge on any atom is 0.188 e. The van der Waals surface area contributed by atoms with Crippen molar-refractivity contribution in [2.45, 2.75) is 92.1 Å². The number of nitrogens with one attached hydrogen (secondary N) is 1. The number of hydrogen-bond acceptors (Lipinski definition) is 19. The van der Waals surface area contributed by atoms with E-state index in [1.807, 2.05) is 0 Å². The lowest BCUT2D eigenvalue weighted by atomic mass is 9.97. The minimum absolute atomic E-state index is 0.317. The van der Waals surface area contributed by atoms with E-state index in [9.17, 15) is 56.3 Å². The topological polar surface area (TPSA) is 296 Å². The van der Waals surface area contributed by atoms with Crippen LogP contribution in [0.15, 0.2) is 0 Å². The van der Waals surface area contributed by atoms with E-state index in [0.717, 1.165) is 7.05 Å². The number of hydroxylamine groups is 1.